The number of anilines is 1. The Morgan fingerprint density at radius 2 is 1.94 bits per heavy atom. The van der Waals surface area contributed by atoms with E-state index in [0.29, 0.717) is 5.69 Å². The van der Waals surface area contributed by atoms with Gasteiger partial charge in [-0.05, 0) is 25.0 Å². The molecule has 35 heavy (non-hydrogen) atoms. The first-order valence-electron chi connectivity index (χ1n) is 10.7. The van der Waals surface area contributed by atoms with E-state index >= 15 is 0 Å². The summed E-state index contributed by atoms with van der Waals surface area (Å²) in [6, 6.07) is 4.44. The third kappa shape index (κ3) is 5.88. The van der Waals surface area contributed by atoms with Crippen molar-refractivity contribution in [2.45, 2.75) is 42.4 Å². The summed E-state index contributed by atoms with van der Waals surface area (Å²) >= 11 is 0. The van der Waals surface area contributed by atoms with Crippen molar-refractivity contribution in [2.75, 3.05) is 11.8 Å². The molecule has 186 valence electrons. The molecule has 0 unspecified atom stereocenters. The average Bonchev–Trinajstić information content (AvgIpc) is 3.26. The van der Waals surface area contributed by atoms with Crippen LogP contribution in [0.2, 0.25) is 0 Å². The molecule has 3 aromatic heterocycles. The summed E-state index contributed by atoms with van der Waals surface area (Å²) in [5, 5.41) is 6.31. The minimum Gasteiger partial charge on any atom is -0.437 e. The standard InChI is InChI=1S/C21H23F2N7O4S/c1-24-19(31)16-4-3-14(10-25-16)34-18-9-17(13-5-7-21(22,23)8-6-13)27-20(28-18)29-35(32,33)15-11-26-30(2)12-15/h3-4,9-13H,5-8H2,1-2H3,(H,24,31)(H,27,28,29). The minimum atomic E-state index is -4.06. The molecule has 3 heterocycles. The second-order valence-corrected chi connectivity index (χ2v) is 9.78. The maximum atomic E-state index is 13.7. The fourth-order valence-electron chi connectivity index (χ4n) is 3.63. The monoisotopic (exact) mass is 507 g/mol. The number of nitrogens with zero attached hydrogens (tertiary/aromatic N) is 5. The van der Waals surface area contributed by atoms with Gasteiger partial charge in [-0.2, -0.15) is 10.1 Å². The summed E-state index contributed by atoms with van der Waals surface area (Å²) in [5.74, 6) is -3.47. The van der Waals surface area contributed by atoms with E-state index in [1.165, 1.54) is 48.5 Å². The van der Waals surface area contributed by atoms with Crippen LogP contribution in [-0.2, 0) is 17.1 Å². The molecule has 2 N–H and O–H groups in total. The number of pyridine rings is 1. The Morgan fingerprint density at radius 3 is 2.54 bits per heavy atom. The predicted molar refractivity (Wildman–Crippen MR) is 120 cm³/mol. The first-order valence-corrected chi connectivity index (χ1v) is 12.2. The van der Waals surface area contributed by atoms with Crippen molar-refractivity contribution in [1.82, 2.24) is 30.0 Å². The Hall–Kier alpha value is -3.68. The molecule has 4 rings (SSSR count). The highest BCUT2D eigenvalue weighted by atomic mass is 32.2. The second kappa shape index (κ2) is 9.52. The lowest BCUT2D eigenvalue weighted by molar-refractivity contribution is -0.0384. The molecule has 1 aliphatic rings. The molecule has 0 aromatic carbocycles. The Labute approximate surface area is 200 Å². The van der Waals surface area contributed by atoms with E-state index in [-0.39, 0.29) is 65.7 Å². The molecule has 3 aromatic rings. The largest absolute Gasteiger partial charge is 0.437 e. The van der Waals surface area contributed by atoms with Gasteiger partial charge >= 0.3 is 0 Å². The molecular formula is C21H23F2N7O4S. The van der Waals surface area contributed by atoms with E-state index in [0.717, 1.165) is 0 Å². The number of sulfonamides is 1. The summed E-state index contributed by atoms with van der Waals surface area (Å²) in [5.41, 5.74) is 0.556. The zero-order chi connectivity index (χ0) is 25.2. The number of carbonyl (C=O) groups is 1. The number of hydrogen-bond acceptors (Lipinski definition) is 8. The highest BCUT2D eigenvalue weighted by Gasteiger charge is 2.36. The zero-order valence-corrected chi connectivity index (χ0v) is 19.7. The fourth-order valence-corrected chi connectivity index (χ4v) is 4.55. The lowest BCUT2D eigenvalue weighted by Crippen LogP contribution is -2.24. The van der Waals surface area contributed by atoms with Crippen LogP contribution in [0, 0.1) is 0 Å². The Bertz CT molecular complexity index is 1320. The van der Waals surface area contributed by atoms with Gasteiger partial charge in [-0.15, -0.1) is 0 Å². The molecule has 0 spiro atoms. The molecule has 1 saturated carbocycles. The van der Waals surface area contributed by atoms with Crippen LogP contribution in [0.25, 0.3) is 0 Å². The van der Waals surface area contributed by atoms with Gasteiger partial charge in [0.05, 0.1) is 18.1 Å². The molecule has 0 atom stereocenters. The van der Waals surface area contributed by atoms with Crippen molar-refractivity contribution in [1.29, 1.82) is 0 Å². The molecule has 0 radical (unpaired) electrons. The fraction of sp³-hybridized carbons (Fsp3) is 0.381. The van der Waals surface area contributed by atoms with Gasteiger partial charge in [0, 0.05) is 45.1 Å². The zero-order valence-electron chi connectivity index (χ0n) is 18.9. The summed E-state index contributed by atoms with van der Waals surface area (Å²) in [6.07, 6.45) is 3.58. The van der Waals surface area contributed by atoms with Gasteiger partial charge in [0.15, 0.2) is 0 Å². The number of halogens is 2. The van der Waals surface area contributed by atoms with Gasteiger partial charge in [0.2, 0.25) is 17.8 Å². The van der Waals surface area contributed by atoms with E-state index in [2.05, 4.69) is 30.1 Å². The molecule has 11 nitrogen and oxygen atoms in total. The lowest BCUT2D eigenvalue weighted by Gasteiger charge is -2.28. The van der Waals surface area contributed by atoms with Gasteiger partial charge < -0.3 is 10.1 Å². The number of amides is 1. The highest BCUT2D eigenvalue weighted by molar-refractivity contribution is 7.92. The van der Waals surface area contributed by atoms with Crippen molar-refractivity contribution in [3.8, 4) is 11.6 Å². The van der Waals surface area contributed by atoms with Crippen molar-refractivity contribution < 1.29 is 26.7 Å². The summed E-state index contributed by atoms with van der Waals surface area (Å²) in [4.78, 5) is 24.0. The average molecular weight is 508 g/mol. The normalized spacial score (nSPS) is 16.0. The third-order valence-electron chi connectivity index (χ3n) is 5.49. The number of aryl methyl sites for hydroxylation is 1. The molecule has 1 aliphatic carbocycles. The van der Waals surface area contributed by atoms with Gasteiger partial charge in [0.25, 0.3) is 15.9 Å². The molecule has 1 fully saturated rings. The number of hydrogen-bond donors (Lipinski definition) is 2. The van der Waals surface area contributed by atoms with Crippen LogP contribution >= 0.6 is 0 Å². The number of rotatable bonds is 7. The van der Waals surface area contributed by atoms with Gasteiger partial charge in [-0.25, -0.2) is 31.9 Å². The van der Waals surface area contributed by atoms with Crippen molar-refractivity contribution in [3.63, 3.8) is 0 Å². The number of aromatic nitrogens is 5. The maximum absolute atomic E-state index is 13.7. The SMILES string of the molecule is CNC(=O)c1ccc(Oc2cc(C3CCC(F)(F)CC3)nc(NS(=O)(=O)c3cnn(C)c3)n2)cn1. The Kier molecular flexibility index (Phi) is 6.65. The van der Waals surface area contributed by atoms with Crippen LogP contribution in [0.5, 0.6) is 11.6 Å². The Morgan fingerprint density at radius 1 is 1.20 bits per heavy atom. The molecular weight excluding hydrogens is 484 g/mol. The first kappa shape index (κ1) is 24.4. The summed E-state index contributed by atoms with van der Waals surface area (Å²) < 4.78 is 62.2. The molecule has 1 amide bonds. The molecule has 14 heteroatoms. The molecule has 0 aliphatic heterocycles. The summed E-state index contributed by atoms with van der Waals surface area (Å²) in [7, 11) is -1.00. The maximum Gasteiger partial charge on any atom is 0.269 e. The molecule has 0 saturated heterocycles. The van der Waals surface area contributed by atoms with Gasteiger partial charge in [-0.1, -0.05) is 0 Å². The van der Waals surface area contributed by atoms with E-state index in [1.807, 2.05) is 0 Å². The van der Waals surface area contributed by atoms with Gasteiger partial charge in [0.1, 0.15) is 16.3 Å². The van der Waals surface area contributed by atoms with Crippen molar-refractivity contribution in [2.24, 2.45) is 7.05 Å². The lowest BCUT2D eigenvalue weighted by atomic mass is 9.84. The van der Waals surface area contributed by atoms with E-state index in [1.54, 1.807) is 7.05 Å². The quantitative estimate of drug-likeness (QED) is 0.497. The predicted octanol–water partition coefficient (Wildman–Crippen LogP) is 2.85. The van der Waals surface area contributed by atoms with E-state index < -0.39 is 15.9 Å². The van der Waals surface area contributed by atoms with E-state index in [4.69, 9.17) is 4.74 Å². The van der Waals surface area contributed by atoms with Gasteiger partial charge in [-0.3, -0.25) is 9.48 Å². The first-order chi connectivity index (χ1) is 16.5. The number of carbonyl (C=O) groups excluding carboxylic acids is 1. The molecule has 0 bridgehead atoms. The van der Waals surface area contributed by atoms with Crippen LogP contribution in [0.1, 0.15) is 47.8 Å². The minimum absolute atomic E-state index is 0.00860. The van der Waals surface area contributed by atoms with Crippen molar-refractivity contribution >= 4 is 21.9 Å². The Balaban J connectivity index is 1.64. The second-order valence-electron chi connectivity index (χ2n) is 8.10. The van der Waals surface area contributed by atoms with Crippen LogP contribution in [-0.4, -0.2) is 52.0 Å². The third-order valence-corrected chi connectivity index (χ3v) is 6.78. The van der Waals surface area contributed by atoms with Crippen LogP contribution in [0.15, 0.2) is 41.7 Å². The number of ether oxygens (including phenoxy) is 1. The van der Waals surface area contributed by atoms with E-state index in [9.17, 15) is 22.0 Å². The number of nitrogens with one attached hydrogen (secondary N) is 2. The summed E-state index contributed by atoms with van der Waals surface area (Å²) in [6.45, 7) is 0. The smallest absolute Gasteiger partial charge is 0.269 e. The number of alkyl halides is 2. The van der Waals surface area contributed by atoms with Crippen LogP contribution in [0.4, 0.5) is 14.7 Å². The van der Waals surface area contributed by atoms with Crippen molar-refractivity contribution in [3.05, 3.63) is 48.2 Å². The highest BCUT2D eigenvalue weighted by Crippen LogP contribution is 2.41. The van der Waals surface area contributed by atoms with Crippen LogP contribution < -0.4 is 14.8 Å². The topological polar surface area (TPSA) is 141 Å². The van der Waals surface area contributed by atoms with Crippen LogP contribution in [0.3, 0.4) is 0 Å².